The number of aromatic nitrogens is 2. The number of H-pyrrole nitrogens is 1. The molecule has 1 heterocycles. The van der Waals surface area contributed by atoms with Crippen LogP contribution in [0.1, 0.15) is 17.0 Å². The van der Waals surface area contributed by atoms with E-state index < -0.39 is 11.7 Å². The van der Waals surface area contributed by atoms with E-state index >= 15 is 0 Å². The van der Waals surface area contributed by atoms with Gasteiger partial charge in [0.15, 0.2) is 0 Å². The van der Waals surface area contributed by atoms with Gasteiger partial charge in [-0.25, -0.2) is 4.98 Å². The second-order valence-electron chi connectivity index (χ2n) is 4.11. The molecule has 0 saturated carbocycles. The highest BCUT2D eigenvalue weighted by molar-refractivity contribution is 6.39. The second kappa shape index (κ2) is 4.72. The quantitative estimate of drug-likeness (QED) is 0.787. The van der Waals surface area contributed by atoms with Gasteiger partial charge >= 0.3 is 6.18 Å². The van der Waals surface area contributed by atoms with Crippen molar-refractivity contribution < 1.29 is 13.2 Å². The van der Waals surface area contributed by atoms with E-state index in [0.717, 1.165) is 23.5 Å². The summed E-state index contributed by atoms with van der Waals surface area (Å²) < 4.78 is 37.8. The van der Waals surface area contributed by atoms with Gasteiger partial charge in [-0.05, 0) is 26.0 Å². The van der Waals surface area contributed by atoms with Crippen molar-refractivity contribution in [3.8, 4) is 11.4 Å². The van der Waals surface area contributed by atoms with Crippen molar-refractivity contribution in [1.29, 1.82) is 0 Å². The summed E-state index contributed by atoms with van der Waals surface area (Å²) in [5, 5.41) is -0.179. The molecule has 0 aliphatic rings. The number of benzene rings is 1. The van der Waals surface area contributed by atoms with Crippen molar-refractivity contribution in [2.45, 2.75) is 20.0 Å². The lowest BCUT2D eigenvalue weighted by Crippen LogP contribution is -2.05. The van der Waals surface area contributed by atoms with Crippen LogP contribution in [0.3, 0.4) is 0 Å². The van der Waals surface area contributed by atoms with Gasteiger partial charge in [0.25, 0.3) is 0 Å². The molecule has 1 N–H and O–H groups in total. The molecule has 0 atom stereocenters. The summed E-state index contributed by atoms with van der Waals surface area (Å²) in [4.78, 5) is 7.13. The van der Waals surface area contributed by atoms with Crippen LogP contribution in [0.15, 0.2) is 12.1 Å². The molecule has 0 amide bonds. The predicted octanol–water partition coefficient (Wildman–Crippen LogP) is 5.02. The fourth-order valence-corrected chi connectivity index (χ4v) is 2.30. The number of halogens is 5. The van der Waals surface area contributed by atoms with Crippen molar-refractivity contribution in [3.63, 3.8) is 0 Å². The lowest BCUT2D eigenvalue weighted by molar-refractivity contribution is -0.137. The fraction of sp³-hybridized carbons (Fsp3) is 0.250. The third-order valence-electron chi connectivity index (χ3n) is 2.73. The van der Waals surface area contributed by atoms with Crippen LogP contribution in [0.25, 0.3) is 11.4 Å². The predicted molar refractivity (Wildman–Crippen MR) is 68.5 cm³/mol. The average molecular weight is 309 g/mol. The first-order valence-electron chi connectivity index (χ1n) is 5.30. The number of nitrogens with zero attached hydrogens (tertiary/aromatic N) is 1. The van der Waals surface area contributed by atoms with Crippen molar-refractivity contribution in [3.05, 3.63) is 39.1 Å². The lowest BCUT2D eigenvalue weighted by Gasteiger charge is -2.10. The fourth-order valence-electron chi connectivity index (χ4n) is 1.63. The molecule has 0 fully saturated rings. The van der Waals surface area contributed by atoms with Gasteiger partial charge in [-0.2, -0.15) is 13.2 Å². The Labute approximate surface area is 117 Å². The van der Waals surface area contributed by atoms with E-state index in [-0.39, 0.29) is 15.6 Å². The van der Waals surface area contributed by atoms with E-state index in [0.29, 0.717) is 5.82 Å². The topological polar surface area (TPSA) is 28.7 Å². The summed E-state index contributed by atoms with van der Waals surface area (Å²) in [6, 6.07) is 1.69. The number of aryl methyl sites for hydroxylation is 2. The molecule has 102 valence electrons. The van der Waals surface area contributed by atoms with Crippen molar-refractivity contribution >= 4 is 23.2 Å². The number of aromatic amines is 1. The van der Waals surface area contributed by atoms with Gasteiger partial charge < -0.3 is 4.98 Å². The highest BCUT2D eigenvalue weighted by atomic mass is 35.5. The molecule has 0 aliphatic carbocycles. The largest absolute Gasteiger partial charge is 0.416 e. The third-order valence-corrected chi connectivity index (χ3v) is 3.33. The summed E-state index contributed by atoms with van der Waals surface area (Å²) in [5.74, 6) is 0.360. The highest BCUT2D eigenvalue weighted by Crippen LogP contribution is 2.39. The van der Waals surface area contributed by atoms with Crippen LogP contribution in [-0.2, 0) is 6.18 Å². The normalized spacial score (nSPS) is 11.9. The maximum absolute atomic E-state index is 12.6. The Morgan fingerprint density at radius 2 is 1.63 bits per heavy atom. The van der Waals surface area contributed by atoms with E-state index in [1.54, 1.807) is 13.8 Å². The monoisotopic (exact) mass is 308 g/mol. The molecular formula is C12H9Cl2F3N2. The van der Waals surface area contributed by atoms with Gasteiger partial charge in [-0.15, -0.1) is 0 Å². The number of nitrogens with one attached hydrogen (secondary N) is 1. The maximum Gasteiger partial charge on any atom is 0.416 e. The van der Waals surface area contributed by atoms with Crippen molar-refractivity contribution in [1.82, 2.24) is 9.97 Å². The minimum atomic E-state index is -4.49. The molecule has 0 radical (unpaired) electrons. The number of rotatable bonds is 1. The van der Waals surface area contributed by atoms with Crippen molar-refractivity contribution in [2.24, 2.45) is 0 Å². The van der Waals surface area contributed by atoms with Crippen LogP contribution in [0.2, 0.25) is 10.0 Å². The lowest BCUT2D eigenvalue weighted by atomic mass is 10.1. The molecule has 2 nitrogen and oxygen atoms in total. The molecule has 0 saturated heterocycles. The molecule has 1 aromatic heterocycles. The Morgan fingerprint density at radius 1 is 1.11 bits per heavy atom. The average Bonchev–Trinajstić information content (AvgIpc) is 2.56. The van der Waals surface area contributed by atoms with E-state index in [9.17, 15) is 13.2 Å². The smallest absolute Gasteiger partial charge is 0.342 e. The molecule has 0 bridgehead atoms. The summed E-state index contributed by atoms with van der Waals surface area (Å²) >= 11 is 11.8. The van der Waals surface area contributed by atoms with Crippen LogP contribution in [0.4, 0.5) is 13.2 Å². The minimum Gasteiger partial charge on any atom is -0.342 e. The van der Waals surface area contributed by atoms with Crippen LogP contribution in [-0.4, -0.2) is 9.97 Å². The summed E-state index contributed by atoms with van der Waals surface area (Å²) in [5.41, 5.74) is 0.933. The van der Waals surface area contributed by atoms with Crippen LogP contribution in [0.5, 0.6) is 0 Å². The van der Waals surface area contributed by atoms with Gasteiger partial charge in [-0.3, -0.25) is 0 Å². The first kappa shape index (κ1) is 14.2. The Morgan fingerprint density at radius 3 is 2.00 bits per heavy atom. The van der Waals surface area contributed by atoms with Gasteiger partial charge in [0.05, 0.1) is 26.9 Å². The minimum absolute atomic E-state index is 0.0893. The number of imidazole rings is 1. The number of hydrogen-bond acceptors (Lipinski definition) is 1. The molecule has 7 heteroatoms. The zero-order valence-corrected chi connectivity index (χ0v) is 11.5. The summed E-state index contributed by atoms with van der Waals surface area (Å²) in [7, 11) is 0. The Kier molecular flexibility index (Phi) is 3.53. The van der Waals surface area contributed by atoms with Crippen LogP contribution in [0, 0.1) is 13.8 Å². The molecule has 2 rings (SSSR count). The van der Waals surface area contributed by atoms with E-state index in [2.05, 4.69) is 9.97 Å². The van der Waals surface area contributed by atoms with E-state index in [1.165, 1.54) is 0 Å². The molecular weight excluding hydrogens is 300 g/mol. The van der Waals surface area contributed by atoms with Crippen LogP contribution >= 0.6 is 23.2 Å². The Hall–Kier alpha value is -1.20. The van der Waals surface area contributed by atoms with Gasteiger partial charge in [0, 0.05) is 5.69 Å². The molecule has 19 heavy (non-hydrogen) atoms. The highest BCUT2D eigenvalue weighted by Gasteiger charge is 2.32. The molecule has 0 spiro atoms. The Bertz CT molecular complexity index is 590. The SMILES string of the molecule is Cc1nc(-c2c(Cl)cc(C(F)(F)F)cc2Cl)[nH]c1C. The number of alkyl halides is 3. The van der Waals surface area contributed by atoms with E-state index in [1.807, 2.05) is 0 Å². The standard InChI is InChI=1S/C12H9Cl2F3N2/c1-5-6(2)19-11(18-5)10-8(13)3-7(4-9(10)14)12(15,16)17/h3-4H,1-2H3,(H,18,19). The van der Waals surface area contributed by atoms with Gasteiger partial charge in [0.1, 0.15) is 5.82 Å². The van der Waals surface area contributed by atoms with Gasteiger partial charge in [-0.1, -0.05) is 23.2 Å². The summed E-state index contributed by atoms with van der Waals surface area (Å²) in [6.45, 7) is 3.58. The first-order valence-corrected chi connectivity index (χ1v) is 6.05. The second-order valence-corrected chi connectivity index (χ2v) is 4.92. The van der Waals surface area contributed by atoms with Crippen LogP contribution < -0.4 is 0 Å². The summed E-state index contributed by atoms with van der Waals surface area (Å²) in [6.07, 6.45) is -4.49. The number of hydrogen-bond donors (Lipinski definition) is 1. The van der Waals surface area contributed by atoms with Crippen molar-refractivity contribution in [2.75, 3.05) is 0 Å². The molecule has 0 aliphatic heterocycles. The first-order chi connectivity index (χ1) is 8.70. The molecule has 0 unspecified atom stereocenters. The van der Waals surface area contributed by atoms with E-state index in [4.69, 9.17) is 23.2 Å². The zero-order valence-electron chi connectivity index (χ0n) is 9.99. The zero-order chi connectivity index (χ0) is 14.4. The Balaban J connectivity index is 2.60. The van der Waals surface area contributed by atoms with Gasteiger partial charge in [0.2, 0.25) is 0 Å². The molecule has 2 aromatic rings. The molecule has 1 aromatic carbocycles. The maximum atomic E-state index is 12.6. The third kappa shape index (κ3) is 2.72.